The Morgan fingerprint density at radius 3 is 2.31 bits per heavy atom. The molecule has 0 aromatic heterocycles. The summed E-state index contributed by atoms with van der Waals surface area (Å²) in [6.07, 6.45) is 0.749. The molecule has 0 saturated carbocycles. The predicted molar refractivity (Wildman–Crippen MR) is 45.4 cm³/mol. The molecule has 74 valence electrons. The van der Waals surface area contributed by atoms with E-state index in [9.17, 15) is 13.0 Å². The minimum Gasteiger partial charge on any atom is -0.747 e. The first kappa shape index (κ1) is 16.3. The van der Waals surface area contributed by atoms with Crippen molar-refractivity contribution in [3.63, 3.8) is 0 Å². The van der Waals surface area contributed by atoms with Crippen LogP contribution in [0.3, 0.4) is 0 Å². The molecule has 0 aromatic rings. The number of nitrogens with one attached hydrogen (secondary N) is 1. The first-order valence-electron chi connectivity index (χ1n) is 3.81. The van der Waals surface area contributed by atoms with E-state index in [0.29, 0.717) is 6.54 Å². The number of rotatable bonds is 5. The molecule has 5 nitrogen and oxygen atoms in total. The Morgan fingerprint density at radius 2 is 2.00 bits per heavy atom. The summed E-state index contributed by atoms with van der Waals surface area (Å²) >= 11 is 0. The molecule has 13 heavy (non-hydrogen) atoms. The molecular weight excluding hydrogens is 203 g/mol. The van der Waals surface area contributed by atoms with E-state index in [1.165, 1.54) is 6.92 Å². The molecule has 0 saturated heterocycles. The normalized spacial score (nSPS) is 16.0. The zero-order valence-electron chi connectivity index (χ0n) is 8.28. The second kappa shape index (κ2) is 7.17. The summed E-state index contributed by atoms with van der Waals surface area (Å²) in [5.41, 5.74) is 5.51. The van der Waals surface area contributed by atoms with Crippen molar-refractivity contribution in [1.29, 1.82) is 0 Å². The first-order valence-corrected chi connectivity index (χ1v) is 5.28. The molecule has 0 aromatic carbocycles. The van der Waals surface area contributed by atoms with Crippen LogP contribution < -0.4 is 40.6 Å². The van der Waals surface area contributed by atoms with Crippen molar-refractivity contribution in [2.45, 2.75) is 31.7 Å². The molecule has 0 rings (SSSR count). The number of hydrogen-bond donors (Lipinski definition) is 2. The van der Waals surface area contributed by atoms with Crippen LogP contribution in [0.2, 0.25) is 0 Å². The van der Waals surface area contributed by atoms with Gasteiger partial charge in [-0.15, -0.1) is 0 Å². The molecule has 0 bridgehead atoms. The molecular formula is C6H15N2NaO3S. The fourth-order valence-corrected chi connectivity index (χ4v) is 0.864. The van der Waals surface area contributed by atoms with E-state index >= 15 is 0 Å². The summed E-state index contributed by atoms with van der Waals surface area (Å²) in [7, 11) is -4.22. The molecule has 2 unspecified atom stereocenters. The van der Waals surface area contributed by atoms with Gasteiger partial charge in [-0.05, 0) is 13.3 Å². The van der Waals surface area contributed by atoms with E-state index in [-0.39, 0.29) is 35.6 Å². The van der Waals surface area contributed by atoms with Gasteiger partial charge in [0.2, 0.25) is 0 Å². The van der Waals surface area contributed by atoms with E-state index in [2.05, 4.69) is 5.32 Å². The summed E-state index contributed by atoms with van der Waals surface area (Å²) in [4.78, 5) is 0. The zero-order chi connectivity index (χ0) is 9.78. The molecule has 2 atom stereocenters. The van der Waals surface area contributed by atoms with Gasteiger partial charge >= 0.3 is 29.6 Å². The molecule has 0 heterocycles. The summed E-state index contributed by atoms with van der Waals surface area (Å²) in [6, 6.07) is -0.103. The summed E-state index contributed by atoms with van der Waals surface area (Å²) < 4.78 is 31.1. The van der Waals surface area contributed by atoms with E-state index in [0.717, 1.165) is 6.42 Å². The maximum absolute atomic E-state index is 10.4. The van der Waals surface area contributed by atoms with Crippen molar-refractivity contribution in [3.8, 4) is 0 Å². The molecule has 0 aliphatic carbocycles. The predicted octanol–water partition coefficient (Wildman–Crippen LogP) is -3.79. The van der Waals surface area contributed by atoms with Gasteiger partial charge in [-0.1, -0.05) is 6.92 Å². The van der Waals surface area contributed by atoms with E-state index in [1.54, 1.807) is 0 Å². The summed E-state index contributed by atoms with van der Waals surface area (Å²) in [5, 5.41) is 1.49. The maximum atomic E-state index is 10.4. The number of nitrogens with two attached hydrogens (primary N) is 1. The van der Waals surface area contributed by atoms with E-state index in [4.69, 9.17) is 5.73 Å². The average molecular weight is 218 g/mol. The smallest absolute Gasteiger partial charge is 0.747 e. The zero-order valence-corrected chi connectivity index (χ0v) is 11.1. The molecule has 0 aliphatic rings. The van der Waals surface area contributed by atoms with Gasteiger partial charge in [0.1, 0.15) is 10.1 Å². The van der Waals surface area contributed by atoms with Gasteiger partial charge in [-0.2, -0.15) is 0 Å². The minimum absolute atomic E-state index is 0. The molecule has 0 fully saturated rings. The van der Waals surface area contributed by atoms with Crippen LogP contribution >= 0.6 is 0 Å². The Bertz CT molecular complexity index is 220. The molecule has 0 spiro atoms. The topological polar surface area (TPSA) is 95.2 Å². The van der Waals surface area contributed by atoms with Crippen molar-refractivity contribution < 1.29 is 42.5 Å². The largest absolute Gasteiger partial charge is 1.00 e. The Morgan fingerprint density at radius 1 is 1.54 bits per heavy atom. The van der Waals surface area contributed by atoms with Crippen molar-refractivity contribution in [2.75, 3.05) is 6.54 Å². The van der Waals surface area contributed by atoms with E-state index in [1.807, 2.05) is 6.92 Å². The Labute approximate surface area is 101 Å². The molecule has 7 heteroatoms. The Balaban J connectivity index is 0. The third-order valence-corrected chi connectivity index (χ3v) is 2.66. The quantitative estimate of drug-likeness (QED) is 0.364. The van der Waals surface area contributed by atoms with Crippen LogP contribution in [0.1, 0.15) is 20.3 Å². The molecule has 0 amide bonds. The third kappa shape index (κ3) is 7.87. The van der Waals surface area contributed by atoms with Gasteiger partial charge < -0.3 is 15.6 Å². The van der Waals surface area contributed by atoms with Crippen molar-refractivity contribution in [1.82, 2.24) is 5.32 Å². The van der Waals surface area contributed by atoms with Crippen LogP contribution in [0.15, 0.2) is 0 Å². The Hall–Kier alpha value is 0.830. The second-order valence-electron chi connectivity index (χ2n) is 2.71. The average Bonchev–Trinajstić information content (AvgIpc) is 1.97. The van der Waals surface area contributed by atoms with E-state index < -0.39 is 15.5 Å². The monoisotopic (exact) mass is 218 g/mol. The molecule has 3 N–H and O–H groups in total. The maximum Gasteiger partial charge on any atom is 1.00 e. The van der Waals surface area contributed by atoms with Gasteiger partial charge in [0.15, 0.2) is 0 Å². The fourth-order valence-electron chi connectivity index (χ4n) is 0.564. The van der Waals surface area contributed by atoms with Crippen molar-refractivity contribution in [2.24, 2.45) is 5.73 Å². The summed E-state index contributed by atoms with van der Waals surface area (Å²) in [6.45, 7) is 3.55. The first-order chi connectivity index (χ1) is 5.38. The summed E-state index contributed by atoms with van der Waals surface area (Å²) in [5.74, 6) is 0. The van der Waals surface area contributed by atoms with Gasteiger partial charge in [0, 0.05) is 12.6 Å². The van der Waals surface area contributed by atoms with Crippen LogP contribution in [0.25, 0.3) is 0 Å². The van der Waals surface area contributed by atoms with Gasteiger partial charge in [0.25, 0.3) is 0 Å². The molecule has 0 aliphatic heterocycles. The van der Waals surface area contributed by atoms with Crippen molar-refractivity contribution in [3.05, 3.63) is 0 Å². The molecule has 0 radical (unpaired) electrons. The van der Waals surface area contributed by atoms with Gasteiger partial charge in [0.05, 0.1) is 5.37 Å². The number of hydrogen-bond acceptors (Lipinski definition) is 5. The van der Waals surface area contributed by atoms with Gasteiger partial charge in [-0.3, -0.25) is 0 Å². The second-order valence-corrected chi connectivity index (χ2v) is 4.40. The van der Waals surface area contributed by atoms with Crippen LogP contribution in [0.4, 0.5) is 0 Å². The van der Waals surface area contributed by atoms with Crippen molar-refractivity contribution >= 4 is 10.1 Å². The minimum atomic E-state index is -4.22. The van der Waals surface area contributed by atoms with Crippen LogP contribution in [-0.4, -0.2) is 30.9 Å². The standard InChI is InChI=1S/C6H16N2O3S.Na/c1-3-6(7)4-8-5(2)12(9,10)11;/h5-6,8H,3-4,7H2,1-2H3,(H,9,10,11);/q;+1/p-1. The van der Waals surface area contributed by atoms with Gasteiger partial charge in [-0.25, -0.2) is 8.42 Å². The SMILES string of the molecule is CCC(N)CNC(C)S(=O)(=O)[O-].[Na+]. The van der Waals surface area contributed by atoms with Crippen LogP contribution in [-0.2, 0) is 10.1 Å². The third-order valence-electron chi connectivity index (χ3n) is 1.62. The van der Waals surface area contributed by atoms with Crippen LogP contribution in [0, 0.1) is 0 Å². The fraction of sp³-hybridized carbons (Fsp3) is 1.00. The van der Waals surface area contributed by atoms with Crippen LogP contribution in [0.5, 0.6) is 0 Å². The Kier molecular flexibility index (Phi) is 8.97.